The van der Waals surface area contributed by atoms with Crippen molar-refractivity contribution in [3.05, 3.63) is 29.3 Å². The first kappa shape index (κ1) is 13.8. The SMILES string of the molecule is Cc1ccc(C)c(S(=O)(=O)N2CCC(CCl)C2)c1. The summed E-state index contributed by atoms with van der Waals surface area (Å²) in [5.74, 6) is 0.810. The van der Waals surface area contributed by atoms with Crippen LogP contribution < -0.4 is 0 Å². The zero-order chi connectivity index (χ0) is 13.3. The monoisotopic (exact) mass is 287 g/mol. The van der Waals surface area contributed by atoms with Gasteiger partial charge in [0.15, 0.2) is 0 Å². The Morgan fingerprint density at radius 1 is 1.39 bits per heavy atom. The molecule has 0 aliphatic carbocycles. The van der Waals surface area contributed by atoms with Crippen LogP contribution in [-0.2, 0) is 10.0 Å². The second-order valence-electron chi connectivity index (χ2n) is 4.94. The molecule has 2 rings (SSSR count). The lowest BCUT2D eigenvalue weighted by Gasteiger charge is -2.18. The molecule has 18 heavy (non-hydrogen) atoms. The molecule has 0 saturated carbocycles. The van der Waals surface area contributed by atoms with E-state index in [0.29, 0.717) is 23.9 Å². The molecule has 1 unspecified atom stereocenters. The molecule has 1 heterocycles. The number of nitrogens with zero attached hydrogens (tertiary/aromatic N) is 1. The van der Waals surface area contributed by atoms with E-state index >= 15 is 0 Å². The molecule has 1 saturated heterocycles. The molecule has 0 amide bonds. The second-order valence-corrected chi connectivity index (χ2v) is 7.16. The Hall–Kier alpha value is -0.580. The van der Waals surface area contributed by atoms with E-state index in [2.05, 4.69) is 0 Å². The fraction of sp³-hybridized carbons (Fsp3) is 0.538. The summed E-state index contributed by atoms with van der Waals surface area (Å²) < 4.78 is 26.7. The summed E-state index contributed by atoms with van der Waals surface area (Å²) in [5, 5.41) is 0. The van der Waals surface area contributed by atoms with Gasteiger partial charge in [-0.25, -0.2) is 8.42 Å². The summed E-state index contributed by atoms with van der Waals surface area (Å²) in [6.45, 7) is 4.86. The maximum Gasteiger partial charge on any atom is 0.243 e. The molecule has 1 aliphatic heterocycles. The Bertz CT molecular complexity index is 542. The molecule has 0 aromatic heterocycles. The number of rotatable bonds is 3. The van der Waals surface area contributed by atoms with Gasteiger partial charge in [-0.15, -0.1) is 11.6 Å². The van der Waals surface area contributed by atoms with E-state index in [4.69, 9.17) is 11.6 Å². The summed E-state index contributed by atoms with van der Waals surface area (Å²) in [6, 6.07) is 5.54. The van der Waals surface area contributed by atoms with E-state index in [0.717, 1.165) is 17.5 Å². The molecular formula is C13H18ClNO2S. The first-order valence-corrected chi connectivity index (χ1v) is 8.06. The third kappa shape index (κ3) is 2.56. The Kier molecular flexibility index (Phi) is 3.99. The topological polar surface area (TPSA) is 37.4 Å². The summed E-state index contributed by atoms with van der Waals surface area (Å²) in [6.07, 6.45) is 0.855. The van der Waals surface area contributed by atoms with Gasteiger partial charge in [0.25, 0.3) is 0 Å². The molecule has 3 nitrogen and oxygen atoms in total. The van der Waals surface area contributed by atoms with E-state index < -0.39 is 10.0 Å². The van der Waals surface area contributed by atoms with Gasteiger partial charge in [-0.2, -0.15) is 4.31 Å². The molecule has 1 aromatic carbocycles. The van der Waals surface area contributed by atoms with E-state index in [9.17, 15) is 8.42 Å². The van der Waals surface area contributed by atoms with Crippen LogP contribution in [-0.4, -0.2) is 31.7 Å². The molecule has 0 N–H and O–H groups in total. The number of benzene rings is 1. The van der Waals surface area contributed by atoms with Crippen LogP contribution >= 0.6 is 11.6 Å². The third-order valence-corrected chi connectivity index (χ3v) is 5.87. The molecule has 1 aromatic rings. The standard InChI is InChI=1S/C13H18ClNO2S/c1-10-3-4-11(2)13(7-10)18(16,17)15-6-5-12(8-14)9-15/h3-4,7,12H,5-6,8-9H2,1-2H3. The number of halogens is 1. The summed E-state index contributed by atoms with van der Waals surface area (Å²) in [5.41, 5.74) is 1.77. The summed E-state index contributed by atoms with van der Waals surface area (Å²) in [4.78, 5) is 0.428. The lowest BCUT2D eigenvalue weighted by Crippen LogP contribution is -2.29. The van der Waals surface area contributed by atoms with Gasteiger partial charge in [-0.3, -0.25) is 0 Å². The van der Waals surface area contributed by atoms with Gasteiger partial charge in [-0.05, 0) is 43.4 Å². The lowest BCUT2D eigenvalue weighted by atomic mass is 10.2. The summed E-state index contributed by atoms with van der Waals surface area (Å²) in [7, 11) is -3.36. The van der Waals surface area contributed by atoms with Gasteiger partial charge in [0.05, 0.1) is 4.90 Å². The van der Waals surface area contributed by atoms with Gasteiger partial charge in [0.1, 0.15) is 0 Å². The minimum atomic E-state index is -3.36. The van der Waals surface area contributed by atoms with E-state index in [-0.39, 0.29) is 5.92 Å². The van der Waals surface area contributed by atoms with E-state index in [1.165, 1.54) is 0 Å². The van der Waals surface area contributed by atoms with Crippen molar-refractivity contribution in [3.8, 4) is 0 Å². The van der Waals surface area contributed by atoms with Crippen molar-refractivity contribution < 1.29 is 8.42 Å². The van der Waals surface area contributed by atoms with Gasteiger partial charge in [0, 0.05) is 19.0 Å². The van der Waals surface area contributed by atoms with Crippen molar-refractivity contribution in [2.24, 2.45) is 5.92 Å². The molecule has 1 aliphatic rings. The first-order chi connectivity index (χ1) is 8.45. The highest BCUT2D eigenvalue weighted by Crippen LogP contribution is 2.27. The minimum Gasteiger partial charge on any atom is -0.207 e. The predicted octanol–water partition coefficient (Wildman–Crippen LogP) is 2.55. The molecule has 100 valence electrons. The highest BCUT2D eigenvalue weighted by Gasteiger charge is 2.32. The Balaban J connectivity index is 2.34. The molecule has 5 heteroatoms. The fourth-order valence-electron chi connectivity index (χ4n) is 2.27. The van der Waals surface area contributed by atoms with Crippen LogP contribution in [0.15, 0.2) is 23.1 Å². The summed E-state index contributed by atoms with van der Waals surface area (Å²) >= 11 is 5.80. The maximum atomic E-state index is 12.6. The number of hydrogen-bond acceptors (Lipinski definition) is 2. The van der Waals surface area contributed by atoms with Crippen molar-refractivity contribution >= 4 is 21.6 Å². The predicted molar refractivity (Wildman–Crippen MR) is 73.5 cm³/mol. The van der Waals surface area contributed by atoms with Crippen molar-refractivity contribution in [2.45, 2.75) is 25.2 Å². The van der Waals surface area contributed by atoms with Crippen LogP contribution in [0, 0.1) is 19.8 Å². The number of sulfonamides is 1. The second kappa shape index (κ2) is 5.19. The number of hydrogen-bond donors (Lipinski definition) is 0. The van der Waals surface area contributed by atoms with Crippen LogP contribution in [0.25, 0.3) is 0 Å². The van der Waals surface area contributed by atoms with E-state index in [1.807, 2.05) is 26.0 Å². The average molecular weight is 288 g/mol. The first-order valence-electron chi connectivity index (χ1n) is 6.08. The van der Waals surface area contributed by atoms with Crippen molar-refractivity contribution in [2.75, 3.05) is 19.0 Å². The maximum absolute atomic E-state index is 12.6. The Morgan fingerprint density at radius 2 is 2.11 bits per heavy atom. The molecule has 0 bridgehead atoms. The van der Waals surface area contributed by atoms with Crippen LogP contribution in [0.4, 0.5) is 0 Å². The molecule has 0 radical (unpaired) electrons. The van der Waals surface area contributed by atoms with Crippen molar-refractivity contribution in [1.29, 1.82) is 0 Å². The Morgan fingerprint density at radius 3 is 2.72 bits per heavy atom. The van der Waals surface area contributed by atoms with Gasteiger partial charge >= 0.3 is 0 Å². The van der Waals surface area contributed by atoms with Crippen LogP contribution in [0.5, 0.6) is 0 Å². The molecule has 1 fully saturated rings. The fourth-order valence-corrected chi connectivity index (χ4v) is 4.36. The van der Waals surface area contributed by atoms with Crippen molar-refractivity contribution in [1.82, 2.24) is 4.31 Å². The normalized spacial score (nSPS) is 21.4. The van der Waals surface area contributed by atoms with E-state index in [1.54, 1.807) is 10.4 Å². The van der Waals surface area contributed by atoms with Gasteiger partial charge < -0.3 is 0 Å². The zero-order valence-electron chi connectivity index (χ0n) is 10.7. The zero-order valence-corrected chi connectivity index (χ0v) is 12.3. The lowest BCUT2D eigenvalue weighted by molar-refractivity contribution is 0.465. The molecular weight excluding hydrogens is 270 g/mol. The van der Waals surface area contributed by atoms with Crippen LogP contribution in [0.3, 0.4) is 0 Å². The Labute approximate surface area is 114 Å². The highest BCUT2D eigenvalue weighted by molar-refractivity contribution is 7.89. The third-order valence-electron chi connectivity index (χ3n) is 3.43. The van der Waals surface area contributed by atoms with Gasteiger partial charge in [0.2, 0.25) is 10.0 Å². The van der Waals surface area contributed by atoms with Crippen molar-refractivity contribution in [3.63, 3.8) is 0 Å². The van der Waals surface area contributed by atoms with Crippen LogP contribution in [0.1, 0.15) is 17.5 Å². The van der Waals surface area contributed by atoms with Gasteiger partial charge in [-0.1, -0.05) is 12.1 Å². The van der Waals surface area contributed by atoms with Crippen LogP contribution in [0.2, 0.25) is 0 Å². The average Bonchev–Trinajstić information content (AvgIpc) is 2.81. The smallest absolute Gasteiger partial charge is 0.207 e. The largest absolute Gasteiger partial charge is 0.243 e. The number of aryl methyl sites for hydroxylation is 2. The molecule has 1 atom stereocenters. The highest BCUT2D eigenvalue weighted by atomic mass is 35.5. The number of alkyl halides is 1. The minimum absolute atomic E-state index is 0.284. The molecule has 0 spiro atoms. The quantitative estimate of drug-likeness (QED) is 0.801.